The first kappa shape index (κ1) is 16.3. The number of imidazole rings is 1. The monoisotopic (exact) mass is 360 g/mol. The Hall–Kier alpha value is -2.20. The largest absolute Gasteiger partial charge is 0.387 e. The van der Waals surface area contributed by atoms with E-state index in [1.807, 2.05) is 30.3 Å². The first-order valence-electron chi connectivity index (χ1n) is 7.75. The van der Waals surface area contributed by atoms with Gasteiger partial charge in [-0.25, -0.2) is 9.97 Å². The number of benzene rings is 1. The topological polar surface area (TPSA) is 113 Å². The molecule has 130 valence electrons. The lowest BCUT2D eigenvalue weighted by Crippen LogP contribution is -2.32. The summed E-state index contributed by atoms with van der Waals surface area (Å²) in [4.78, 5) is 23.4. The van der Waals surface area contributed by atoms with Crippen LogP contribution in [0.4, 0.5) is 0 Å². The van der Waals surface area contributed by atoms with Gasteiger partial charge in [-0.1, -0.05) is 18.2 Å². The molecule has 3 heterocycles. The van der Waals surface area contributed by atoms with E-state index in [1.54, 1.807) is 0 Å². The van der Waals surface area contributed by atoms with Crippen molar-refractivity contribution >= 4 is 22.9 Å². The van der Waals surface area contributed by atoms with Gasteiger partial charge in [-0.05, 0) is 12.1 Å². The number of aliphatic hydroxyl groups is 2. The number of aromatic nitrogens is 4. The highest BCUT2D eigenvalue weighted by atomic mass is 32.2. The molecule has 0 radical (unpaired) electrons. The smallest absolute Gasteiger partial charge is 0.278 e. The van der Waals surface area contributed by atoms with Gasteiger partial charge < -0.3 is 19.9 Å². The molecule has 4 rings (SSSR count). The molecule has 0 amide bonds. The molecule has 1 saturated heterocycles. The van der Waals surface area contributed by atoms with E-state index in [4.69, 9.17) is 4.74 Å². The first-order valence-corrected chi connectivity index (χ1v) is 8.73. The Morgan fingerprint density at radius 1 is 1.20 bits per heavy atom. The zero-order valence-electron chi connectivity index (χ0n) is 13.0. The summed E-state index contributed by atoms with van der Waals surface area (Å²) in [6.45, 7) is 0. The molecule has 3 N–H and O–H groups in total. The van der Waals surface area contributed by atoms with Crippen molar-refractivity contribution in [2.75, 3.05) is 5.75 Å². The summed E-state index contributed by atoms with van der Waals surface area (Å²) in [7, 11) is 0. The van der Waals surface area contributed by atoms with Crippen LogP contribution < -0.4 is 5.56 Å². The van der Waals surface area contributed by atoms with Crippen LogP contribution in [-0.4, -0.2) is 53.8 Å². The summed E-state index contributed by atoms with van der Waals surface area (Å²) >= 11 is 1.54. The number of H-pyrrole nitrogens is 1. The third-order valence-electron chi connectivity index (χ3n) is 4.13. The summed E-state index contributed by atoms with van der Waals surface area (Å²) in [5, 5.41) is 20.7. The second-order valence-corrected chi connectivity index (χ2v) is 6.82. The number of thioether (sulfide) groups is 1. The van der Waals surface area contributed by atoms with Crippen molar-refractivity contribution in [3.63, 3.8) is 0 Å². The van der Waals surface area contributed by atoms with Crippen LogP contribution >= 0.6 is 11.8 Å². The number of hydrogen-bond donors (Lipinski definition) is 3. The molecule has 0 saturated carbocycles. The third kappa shape index (κ3) is 2.95. The molecule has 1 aromatic carbocycles. The number of nitrogens with zero attached hydrogens (tertiary/aromatic N) is 3. The Balaban J connectivity index is 1.55. The molecule has 2 aromatic heterocycles. The van der Waals surface area contributed by atoms with Crippen molar-refractivity contribution in [1.82, 2.24) is 19.5 Å². The standard InChI is InChI=1S/C16H16N4O4S/c21-12-10(6-25-9-4-2-1-3-5-9)24-16(13(12)22)20-8-19-11-14(20)17-7-18-15(11)23/h1-5,7-8,10,12-13,16,21-22H,6H2,(H,17,18,23)/t10-,12-,13-,16-/m1/s1. The SMILES string of the molecule is O=c1[nH]cnc2c1ncn2[C@@H]1O[C@H](CSc2ccccc2)[C@@H](O)[C@H]1O. The van der Waals surface area contributed by atoms with E-state index in [1.165, 1.54) is 29.0 Å². The molecule has 0 spiro atoms. The van der Waals surface area contributed by atoms with Crippen molar-refractivity contribution in [2.45, 2.75) is 29.4 Å². The van der Waals surface area contributed by atoms with Crippen LogP contribution in [0.1, 0.15) is 6.23 Å². The Labute approximate surface area is 146 Å². The molecule has 9 heteroatoms. The van der Waals surface area contributed by atoms with Crippen LogP contribution in [0.25, 0.3) is 11.2 Å². The minimum absolute atomic E-state index is 0.162. The van der Waals surface area contributed by atoms with E-state index >= 15 is 0 Å². The van der Waals surface area contributed by atoms with Crippen molar-refractivity contribution < 1.29 is 14.9 Å². The van der Waals surface area contributed by atoms with Gasteiger partial charge >= 0.3 is 0 Å². The first-order chi connectivity index (χ1) is 12.1. The number of aromatic amines is 1. The predicted molar refractivity (Wildman–Crippen MR) is 91.2 cm³/mol. The number of nitrogens with one attached hydrogen (secondary N) is 1. The van der Waals surface area contributed by atoms with E-state index in [9.17, 15) is 15.0 Å². The van der Waals surface area contributed by atoms with Crippen molar-refractivity contribution in [2.24, 2.45) is 0 Å². The lowest BCUT2D eigenvalue weighted by atomic mass is 10.1. The molecular formula is C16H16N4O4S. The molecule has 4 atom stereocenters. The second-order valence-electron chi connectivity index (χ2n) is 5.73. The molecule has 1 aliphatic heterocycles. The fourth-order valence-corrected chi connectivity index (χ4v) is 3.82. The fraction of sp³-hybridized carbons (Fsp3) is 0.312. The Kier molecular flexibility index (Phi) is 4.30. The number of ether oxygens (including phenoxy) is 1. The van der Waals surface area contributed by atoms with Gasteiger partial charge in [-0.15, -0.1) is 11.8 Å². The highest BCUT2D eigenvalue weighted by Gasteiger charge is 2.44. The zero-order valence-corrected chi connectivity index (χ0v) is 13.8. The molecule has 3 aromatic rings. The second kappa shape index (κ2) is 6.60. The van der Waals surface area contributed by atoms with E-state index in [2.05, 4.69) is 15.0 Å². The van der Waals surface area contributed by atoms with Crippen molar-refractivity contribution in [3.8, 4) is 0 Å². The Morgan fingerprint density at radius 2 is 2.00 bits per heavy atom. The molecular weight excluding hydrogens is 344 g/mol. The van der Waals surface area contributed by atoms with Crippen LogP contribution in [0.5, 0.6) is 0 Å². The van der Waals surface area contributed by atoms with Gasteiger partial charge in [0.2, 0.25) is 0 Å². The molecule has 1 fully saturated rings. The normalized spacial score (nSPS) is 26.3. The number of fused-ring (bicyclic) bond motifs is 1. The molecule has 0 aliphatic carbocycles. The average Bonchev–Trinajstić information content (AvgIpc) is 3.18. The highest BCUT2D eigenvalue weighted by molar-refractivity contribution is 7.99. The Bertz CT molecular complexity index is 929. The maximum atomic E-state index is 11.7. The van der Waals surface area contributed by atoms with Crippen molar-refractivity contribution in [1.29, 1.82) is 0 Å². The number of hydrogen-bond acceptors (Lipinski definition) is 7. The van der Waals surface area contributed by atoms with Gasteiger partial charge in [0, 0.05) is 10.6 Å². The van der Waals surface area contributed by atoms with E-state index in [-0.39, 0.29) is 11.1 Å². The minimum atomic E-state index is -1.14. The lowest BCUT2D eigenvalue weighted by molar-refractivity contribution is -0.0289. The van der Waals surface area contributed by atoms with Crippen LogP contribution in [0.15, 0.2) is 52.7 Å². The molecule has 8 nitrogen and oxygen atoms in total. The number of aliphatic hydroxyl groups excluding tert-OH is 2. The van der Waals surface area contributed by atoms with Gasteiger partial charge in [0.05, 0.1) is 18.8 Å². The molecule has 0 unspecified atom stereocenters. The average molecular weight is 360 g/mol. The van der Waals surface area contributed by atoms with Crippen LogP contribution in [0, 0.1) is 0 Å². The zero-order chi connectivity index (χ0) is 17.4. The summed E-state index contributed by atoms with van der Waals surface area (Å²) in [5.74, 6) is 0.485. The van der Waals surface area contributed by atoms with Crippen LogP contribution in [0.3, 0.4) is 0 Å². The summed E-state index contributed by atoms with van der Waals surface area (Å²) in [5.41, 5.74) is 0.0965. The van der Waals surface area contributed by atoms with Gasteiger partial charge in [0.25, 0.3) is 5.56 Å². The molecule has 0 bridgehead atoms. The molecule has 25 heavy (non-hydrogen) atoms. The van der Waals surface area contributed by atoms with E-state index < -0.39 is 24.5 Å². The van der Waals surface area contributed by atoms with Gasteiger partial charge in [-0.2, -0.15) is 0 Å². The summed E-state index contributed by atoms with van der Waals surface area (Å²) in [6, 6.07) is 9.75. The maximum Gasteiger partial charge on any atom is 0.278 e. The summed E-state index contributed by atoms with van der Waals surface area (Å²) in [6.07, 6.45) is -0.926. The number of rotatable bonds is 4. The van der Waals surface area contributed by atoms with E-state index in [0.717, 1.165) is 4.90 Å². The van der Waals surface area contributed by atoms with Gasteiger partial charge in [0.15, 0.2) is 17.4 Å². The van der Waals surface area contributed by atoms with Crippen molar-refractivity contribution in [3.05, 3.63) is 53.3 Å². The van der Waals surface area contributed by atoms with Gasteiger partial charge in [-0.3, -0.25) is 9.36 Å². The fourth-order valence-electron chi connectivity index (χ4n) is 2.84. The third-order valence-corrected chi connectivity index (χ3v) is 5.23. The summed E-state index contributed by atoms with van der Waals surface area (Å²) < 4.78 is 7.33. The minimum Gasteiger partial charge on any atom is -0.387 e. The Morgan fingerprint density at radius 3 is 2.80 bits per heavy atom. The van der Waals surface area contributed by atoms with Crippen LogP contribution in [-0.2, 0) is 4.74 Å². The van der Waals surface area contributed by atoms with Crippen LogP contribution in [0.2, 0.25) is 0 Å². The van der Waals surface area contributed by atoms with E-state index in [0.29, 0.717) is 11.4 Å². The maximum absolute atomic E-state index is 11.7. The quantitative estimate of drug-likeness (QED) is 0.582. The van der Waals surface area contributed by atoms with Gasteiger partial charge in [0.1, 0.15) is 12.2 Å². The predicted octanol–water partition coefficient (Wildman–Crippen LogP) is 0.531. The highest BCUT2D eigenvalue weighted by Crippen LogP contribution is 2.33. The lowest BCUT2D eigenvalue weighted by Gasteiger charge is -2.16. The molecule has 1 aliphatic rings.